The van der Waals surface area contributed by atoms with E-state index in [4.69, 9.17) is 0 Å². The summed E-state index contributed by atoms with van der Waals surface area (Å²) in [6, 6.07) is 13.3. The fraction of sp³-hybridized carbons (Fsp3) is 0.381. The maximum Gasteiger partial charge on any atom is 0.253 e. The molecule has 6 heteroatoms. The molecular weight excluding hydrogens is 340 g/mol. The third kappa shape index (κ3) is 5.14. The zero-order valence-corrected chi connectivity index (χ0v) is 15.9. The van der Waals surface area contributed by atoms with Crippen molar-refractivity contribution in [1.29, 1.82) is 0 Å². The molecular formula is C21H26N4O2. The number of nitrogens with zero attached hydrogens (tertiary/aromatic N) is 3. The van der Waals surface area contributed by atoms with Gasteiger partial charge >= 0.3 is 0 Å². The molecule has 27 heavy (non-hydrogen) atoms. The highest BCUT2D eigenvalue weighted by Crippen LogP contribution is 2.21. The van der Waals surface area contributed by atoms with E-state index < -0.39 is 0 Å². The van der Waals surface area contributed by atoms with Crippen LogP contribution in [0.4, 0.5) is 5.82 Å². The number of carbonyl (C=O) groups is 2. The van der Waals surface area contributed by atoms with Crippen LogP contribution in [0.15, 0.2) is 48.7 Å². The van der Waals surface area contributed by atoms with E-state index in [1.54, 1.807) is 31.3 Å². The van der Waals surface area contributed by atoms with Crippen molar-refractivity contribution in [3.05, 3.63) is 59.8 Å². The van der Waals surface area contributed by atoms with Crippen LogP contribution in [0.2, 0.25) is 0 Å². The van der Waals surface area contributed by atoms with Gasteiger partial charge in [-0.1, -0.05) is 18.2 Å². The number of carbonyl (C=O) groups excluding carboxylic acids is 2. The summed E-state index contributed by atoms with van der Waals surface area (Å²) in [6.07, 6.45) is 3.33. The second-order valence-electron chi connectivity index (χ2n) is 7.15. The van der Waals surface area contributed by atoms with Gasteiger partial charge in [0.1, 0.15) is 5.82 Å². The summed E-state index contributed by atoms with van der Waals surface area (Å²) in [5.41, 5.74) is 1.83. The normalized spacial score (nSPS) is 15.3. The third-order valence-corrected chi connectivity index (χ3v) is 4.86. The highest BCUT2D eigenvalue weighted by molar-refractivity contribution is 5.94. The molecule has 142 valence electrons. The Kier molecular flexibility index (Phi) is 6.19. The van der Waals surface area contributed by atoms with E-state index in [0.29, 0.717) is 11.4 Å². The number of hydrogen-bond acceptors (Lipinski definition) is 4. The zero-order chi connectivity index (χ0) is 19.2. The molecule has 3 rings (SSSR count). The van der Waals surface area contributed by atoms with E-state index in [-0.39, 0.29) is 17.7 Å². The van der Waals surface area contributed by atoms with Crippen molar-refractivity contribution < 1.29 is 9.59 Å². The van der Waals surface area contributed by atoms with Crippen molar-refractivity contribution in [2.45, 2.75) is 19.4 Å². The molecule has 1 aliphatic heterocycles. The van der Waals surface area contributed by atoms with Gasteiger partial charge in [0.25, 0.3) is 5.91 Å². The van der Waals surface area contributed by atoms with Crippen molar-refractivity contribution in [3.63, 3.8) is 0 Å². The lowest BCUT2D eigenvalue weighted by atomic mass is 9.95. The Morgan fingerprint density at radius 1 is 1.15 bits per heavy atom. The minimum absolute atomic E-state index is 0.0155. The summed E-state index contributed by atoms with van der Waals surface area (Å²) < 4.78 is 0. The number of aromatic nitrogens is 1. The Morgan fingerprint density at radius 3 is 2.59 bits per heavy atom. The van der Waals surface area contributed by atoms with Gasteiger partial charge in [-0.05, 0) is 55.8 Å². The number of pyridine rings is 1. The average Bonchev–Trinajstić information content (AvgIpc) is 2.69. The van der Waals surface area contributed by atoms with Crippen LogP contribution in [-0.2, 0) is 11.3 Å². The summed E-state index contributed by atoms with van der Waals surface area (Å²) >= 11 is 0. The predicted octanol–water partition coefficient (Wildman–Crippen LogP) is 2.63. The molecule has 6 nitrogen and oxygen atoms in total. The summed E-state index contributed by atoms with van der Waals surface area (Å²) in [5.74, 6) is 0.686. The first kappa shape index (κ1) is 19.0. The van der Waals surface area contributed by atoms with E-state index in [9.17, 15) is 9.59 Å². The van der Waals surface area contributed by atoms with Crippen molar-refractivity contribution in [3.8, 4) is 0 Å². The number of piperidine rings is 1. The fourth-order valence-corrected chi connectivity index (χ4v) is 3.34. The number of benzene rings is 1. The highest BCUT2D eigenvalue weighted by Gasteiger charge is 2.25. The van der Waals surface area contributed by atoms with Gasteiger partial charge in [-0.3, -0.25) is 14.5 Å². The van der Waals surface area contributed by atoms with Crippen LogP contribution < -0.4 is 5.32 Å². The number of hydrogen-bond donors (Lipinski definition) is 1. The standard InChI is InChI=1S/C21H26N4O2/c1-24(2)21(27)18-7-5-6-16(14-18)15-25-12-9-17(10-13-25)20(26)23-19-8-3-4-11-22-19/h3-8,11,14,17H,9-10,12-13,15H2,1-2H3,(H,22,23,26). The van der Waals surface area contributed by atoms with Crippen LogP contribution in [0.25, 0.3) is 0 Å². The number of anilines is 1. The Hall–Kier alpha value is -2.73. The maximum atomic E-state index is 12.4. The van der Waals surface area contributed by atoms with Crippen LogP contribution in [-0.4, -0.2) is 53.8 Å². The summed E-state index contributed by atoms with van der Waals surface area (Å²) in [7, 11) is 3.52. The lowest BCUT2D eigenvalue weighted by Gasteiger charge is -2.31. The van der Waals surface area contributed by atoms with Gasteiger partial charge in [-0.15, -0.1) is 0 Å². The molecule has 0 saturated carbocycles. The predicted molar refractivity (Wildman–Crippen MR) is 105 cm³/mol. The van der Waals surface area contributed by atoms with Gasteiger partial charge in [0.2, 0.25) is 5.91 Å². The smallest absolute Gasteiger partial charge is 0.253 e. The minimum atomic E-state index is 0.0155. The quantitative estimate of drug-likeness (QED) is 0.883. The molecule has 0 spiro atoms. The molecule has 0 bridgehead atoms. The molecule has 1 fully saturated rings. The van der Waals surface area contributed by atoms with Gasteiger partial charge in [0, 0.05) is 38.3 Å². The van der Waals surface area contributed by atoms with E-state index in [2.05, 4.69) is 15.2 Å². The van der Waals surface area contributed by atoms with Crippen molar-refractivity contribution in [2.75, 3.05) is 32.5 Å². The first-order valence-corrected chi connectivity index (χ1v) is 9.28. The number of rotatable bonds is 5. The number of nitrogens with one attached hydrogen (secondary N) is 1. The molecule has 2 amide bonds. The Labute approximate surface area is 160 Å². The third-order valence-electron chi connectivity index (χ3n) is 4.86. The SMILES string of the molecule is CN(C)C(=O)c1cccc(CN2CCC(C(=O)Nc3ccccn3)CC2)c1. The van der Waals surface area contributed by atoms with E-state index in [1.165, 1.54) is 0 Å². The average molecular weight is 366 g/mol. The minimum Gasteiger partial charge on any atom is -0.345 e. The van der Waals surface area contributed by atoms with Crippen molar-refractivity contribution in [1.82, 2.24) is 14.8 Å². The number of likely N-dealkylation sites (tertiary alicyclic amines) is 1. The fourth-order valence-electron chi connectivity index (χ4n) is 3.34. The maximum absolute atomic E-state index is 12.4. The van der Waals surface area contributed by atoms with E-state index in [0.717, 1.165) is 38.0 Å². The topological polar surface area (TPSA) is 65.5 Å². The molecule has 1 aromatic carbocycles. The van der Waals surface area contributed by atoms with Gasteiger partial charge in [0.15, 0.2) is 0 Å². The Morgan fingerprint density at radius 2 is 1.93 bits per heavy atom. The van der Waals surface area contributed by atoms with Crippen LogP contribution in [0.3, 0.4) is 0 Å². The van der Waals surface area contributed by atoms with Crippen LogP contribution in [0.5, 0.6) is 0 Å². The first-order valence-electron chi connectivity index (χ1n) is 9.28. The van der Waals surface area contributed by atoms with E-state index in [1.807, 2.05) is 36.4 Å². The molecule has 1 saturated heterocycles. The van der Waals surface area contributed by atoms with E-state index >= 15 is 0 Å². The van der Waals surface area contributed by atoms with Gasteiger partial charge in [-0.2, -0.15) is 0 Å². The molecule has 0 atom stereocenters. The summed E-state index contributed by atoms with van der Waals surface area (Å²) in [5, 5.41) is 2.90. The highest BCUT2D eigenvalue weighted by atomic mass is 16.2. The van der Waals surface area contributed by atoms with Gasteiger partial charge < -0.3 is 10.2 Å². The molecule has 2 heterocycles. The van der Waals surface area contributed by atoms with Crippen LogP contribution in [0, 0.1) is 5.92 Å². The zero-order valence-electron chi connectivity index (χ0n) is 15.9. The molecule has 1 aromatic heterocycles. The molecule has 1 aliphatic rings. The second kappa shape index (κ2) is 8.77. The van der Waals surface area contributed by atoms with Gasteiger partial charge in [0.05, 0.1) is 0 Å². The molecule has 0 unspecified atom stereocenters. The van der Waals surface area contributed by atoms with Crippen molar-refractivity contribution in [2.24, 2.45) is 5.92 Å². The van der Waals surface area contributed by atoms with Crippen LogP contribution in [0.1, 0.15) is 28.8 Å². The van der Waals surface area contributed by atoms with Gasteiger partial charge in [-0.25, -0.2) is 4.98 Å². The first-order chi connectivity index (χ1) is 13.0. The lowest BCUT2D eigenvalue weighted by Crippen LogP contribution is -2.37. The number of amides is 2. The summed E-state index contributed by atoms with van der Waals surface area (Å²) in [6.45, 7) is 2.53. The Bertz CT molecular complexity index is 784. The molecule has 2 aromatic rings. The lowest BCUT2D eigenvalue weighted by molar-refractivity contribution is -0.121. The second-order valence-corrected chi connectivity index (χ2v) is 7.15. The largest absolute Gasteiger partial charge is 0.345 e. The molecule has 1 N–H and O–H groups in total. The van der Waals surface area contributed by atoms with Crippen LogP contribution >= 0.6 is 0 Å². The summed E-state index contributed by atoms with van der Waals surface area (Å²) in [4.78, 5) is 32.6. The molecule has 0 aliphatic carbocycles. The monoisotopic (exact) mass is 366 g/mol. The Balaban J connectivity index is 1.52. The van der Waals surface area contributed by atoms with Crippen molar-refractivity contribution >= 4 is 17.6 Å². The molecule has 0 radical (unpaired) electrons.